The summed E-state index contributed by atoms with van der Waals surface area (Å²) >= 11 is 0. The van der Waals surface area contributed by atoms with Gasteiger partial charge in [-0.3, -0.25) is 9.36 Å². The molecule has 40 heavy (non-hydrogen) atoms. The van der Waals surface area contributed by atoms with Crippen LogP contribution in [0.5, 0.6) is 11.5 Å². The zero-order valence-corrected chi connectivity index (χ0v) is 23.0. The second-order valence-corrected chi connectivity index (χ2v) is 10.4. The second-order valence-electron chi connectivity index (χ2n) is 10.4. The number of ether oxygens (including phenoxy) is 2. The zero-order valence-electron chi connectivity index (χ0n) is 23.0. The number of rotatable bonds is 7. The van der Waals surface area contributed by atoms with Crippen molar-refractivity contribution in [3.05, 3.63) is 94.3 Å². The molecule has 4 heterocycles. The SMILES string of the molecule is COc1cc(OC)cc(C(CC(=O)N2CCC(n3c(=O)[nH]c4ccccc43)CC2)c2cnc3c(C)cccn23)c1. The number of nitrogens with zero attached hydrogens (tertiary/aromatic N) is 4. The average molecular weight is 540 g/mol. The fourth-order valence-corrected chi connectivity index (χ4v) is 5.97. The highest BCUT2D eigenvalue weighted by molar-refractivity contribution is 5.78. The molecule has 2 aromatic carbocycles. The molecule has 9 nitrogen and oxygen atoms in total. The summed E-state index contributed by atoms with van der Waals surface area (Å²) in [5, 5.41) is 0. The molecule has 1 atom stereocenters. The molecule has 0 bridgehead atoms. The Hall–Kier alpha value is -4.53. The van der Waals surface area contributed by atoms with Crippen LogP contribution < -0.4 is 15.2 Å². The van der Waals surface area contributed by atoms with Gasteiger partial charge in [-0.15, -0.1) is 0 Å². The minimum atomic E-state index is -0.262. The van der Waals surface area contributed by atoms with Crippen LogP contribution in [-0.4, -0.2) is 57.1 Å². The second kappa shape index (κ2) is 10.6. The number of hydrogen-bond donors (Lipinski definition) is 1. The molecule has 0 spiro atoms. The van der Waals surface area contributed by atoms with Crippen molar-refractivity contribution in [2.45, 2.75) is 38.1 Å². The first-order valence-corrected chi connectivity index (χ1v) is 13.6. The summed E-state index contributed by atoms with van der Waals surface area (Å²) in [6, 6.07) is 17.6. The minimum absolute atomic E-state index is 0.0490. The Balaban J connectivity index is 1.28. The van der Waals surface area contributed by atoms with Crippen LogP contribution in [0.2, 0.25) is 0 Å². The number of aromatic amines is 1. The molecule has 1 fully saturated rings. The number of nitrogens with one attached hydrogen (secondary N) is 1. The number of para-hydroxylation sites is 2. The molecule has 1 aliphatic rings. The molecule has 6 rings (SSSR count). The number of likely N-dealkylation sites (tertiary alicyclic amines) is 1. The first-order chi connectivity index (χ1) is 19.5. The number of piperidine rings is 1. The number of pyridine rings is 1. The third-order valence-corrected chi connectivity index (χ3v) is 8.08. The summed E-state index contributed by atoms with van der Waals surface area (Å²) < 4.78 is 15.0. The van der Waals surface area contributed by atoms with Crippen molar-refractivity contribution >= 4 is 22.6 Å². The van der Waals surface area contributed by atoms with Crippen molar-refractivity contribution in [2.24, 2.45) is 0 Å². The summed E-state index contributed by atoms with van der Waals surface area (Å²) in [4.78, 5) is 36.1. The molecule has 1 aliphatic heterocycles. The number of amides is 1. The van der Waals surface area contributed by atoms with E-state index in [1.54, 1.807) is 14.2 Å². The topological polar surface area (TPSA) is 93.9 Å². The summed E-state index contributed by atoms with van der Waals surface area (Å²) in [5.41, 5.74) is 5.45. The van der Waals surface area contributed by atoms with Gasteiger partial charge in [0, 0.05) is 49.9 Å². The van der Waals surface area contributed by atoms with Crippen molar-refractivity contribution in [3.63, 3.8) is 0 Å². The third kappa shape index (κ3) is 4.61. The first-order valence-electron chi connectivity index (χ1n) is 13.6. The van der Waals surface area contributed by atoms with Crippen LogP contribution in [0.3, 0.4) is 0 Å². The molecular formula is C31H33N5O4. The van der Waals surface area contributed by atoms with Crippen molar-refractivity contribution in [1.82, 2.24) is 23.8 Å². The number of imidazole rings is 2. The van der Waals surface area contributed by atoms with Gasteiger partial charge >= 0.3 is 5.69 Å². The number of aromatic nitrogens is 4. The van der Waals surface area contributed by atoms with Gasteiger partial charge in [0.15, 0.2) is 0 Å². The zero-order chi connectivity index (χ0) is 27.8. The fraction of sp³-hybridized carbons (Fsp3) is 0.323. The predicted octanol–water partition coefficient (Wildman–Crippen LogP) is 4.69. The lowest BCUT2D eigenvalue weighted by Gasteiger charge is -2.33. The number of methoxy groups -OCH3 is 2. The van der Waals surface area contributed by atoms with Gasteiger partial charge in [-0.2, -0.15) is 0 Å². The quantitative estimate of drug-likeness (QED) is 0.324. The molecule has 0 aliphatic carbocycles. The van der Waals surface area contributed by atoms with Gasteiger partial charge in [-0.25, -0.2) is 9.78 Å². The molecule has 0 saturated carbocycles. The molecule has 206 valence electrons. The van der Waals surface area contributed by atoms with E-state index in [2.05, 4.69) is 14.4 Å². The highest BCUT2D eigenvalue weighted by Gasteiger charge is 2.30. The van der Waals surface area contributed by atoms with Crippen LogP contribution in [0.15, 0.2) is 71.8 Å². The third-order valence-electron chi connectivity index (χ3n) is 8.08. The molecule has 1 amide bonds. The maximum Gasteiger partial charge on any atom is 0.326 e. The van der Waals surface area contributed by atoms with E-state index in [0.29, 0.717) is 24.6 Å². The van der Waals surface area contributed by atoms with Crippen molar-refractivity contribution in [3.8, 4) is 11.5 Å². The van der Waals surface area contributed by atoms with Crippen molar-refractivity contribution in [2.75, 3.05) is 27.3 Å². The predicted molar refractivity (Wildman–Crippen MR) is 153 cm³/mol. The first kappa shape index (κ1) is 25.7. The van der Waals surface area contributed by atoms with Crippen molar-refractivity contribution < 1.29 is 14.3 Å². The maximum atomic E-state index is 13.8. The van der Waals surface area contributed by atoms with Crippen LogP contribution in [-0.2, 0) is 4.79 Å². The van der Waals surface area contributed by atoms with Crippen LogP contribution in [0.25, 0.3) is 16.7 Å². The number of hydrogen-bond acceptors (Lipinski definition) is 5. The number of carbonyl (C=O) groups is 1. The Labute approximate surface area is 232 Å². The molecule has 9 heteroatoms. The Morgan fingerprint density at radius 1 is 1.05 bits per heavy atom. The van der Waals surface area contributed by atoms with Gasteiger partial charge in [0.25, 0.3) is 0 Å². The van der Waals surface area contributed by atoms with Crippen molar-refractivity contribution in [1.29, 1.82) is 0 Å². The Bertz CT molecular complexity index is 1720. The fourth-order valence-electron chi connectivity index (χ4n) is 5.97. The standard InChI is InChI=1S/C31H33N5O4/c1-20-7-6-12-35-28(19-32-30(20)35)25(21-15-23(39-2)17-24(16-21)40-3)18-29(37)34-13-10-22(11-14-34)36-27-9-5-4-8-26(27)33-31(36)38/h4-9,12,15-17,19,22,25H,10-11,13-14,18H2,1-3H3,(H,33,38). The van der Waals surface area contributed by atoms with Gasteiger partial charge in [0.05, 0.1) is 30.9 Å². The molecule has 1 saturated heterocycles. The van der Waals surface area contributed by atoms with Crippen LogP contribution in [0, 0.1) is 6.92 Å². The van der Waals surface area contributed by atoms with Crippen LogP contribution >= 0.6 is 0 Å². The molecule has 1 N–H and O–H groups in total. The van der Waals surface area contributed by atoms with Gasteiger partial charge in [0.2, 0.25) is 5.91 Å². The lowest BCUT2D eigenvalue weighted by atomic mass is 9.91. The van der Waals surface area contributed by atoms with Gasteiger partial charge in [0.1, 0.15) is 17.1 Å². The van der Waals surface area contributed by atoms with Crippen LogP contribution in [0.1, 0.15) is 48.0 Å². The van der Waals surface area contributed by atoms with E-state index in [-0.39, 0.29) is 30.0 Å². The number of carbonyl (C=O) groups excluding carboxylic acids is 1. The smallest absolute Gasteiger partial charge is 0.326 e. The number of aryl methyl sites for hydroxylation is 1. The van der Waals surface area contributed by atoms with Gasteiger partial charge in [-0.1, -0.05) is 18.2 Å². The Morgan fingerprint density at radius 2 is 1.77 bits per heavy atom. The lowest BCUT2D eigenvalue weighted by Crippen LogP contribution is -2.41. The van der Waals surface area contributed by atoms with E-state index in [1.165, 1.54) is 0 Å². The Morgan fingerprint density at radius 3 is 2.50 bits per heavy atom. The summed E-state index contributed by atoms with van der Waals surface area (Å²) in [7, 11) is 3.25. The molecule has 5 aromatic rings. The summed E-state index contributed by atoms with van der Waals surface area (Å²) in [5.74, 6) is 1.14. The normalized spacial score (nSPS) is 15.0. The van der Waals surface area contributed by atoms with E-state index in [4.69, 9.17) is 9.47 Å². The van der Waals surface area contributed by atoms with E-state index in [0.717, 1.165) is 46.3 Å². The molecular weight excluding hydrogens is 506 g/mol. The number of fused-ring (bicyclic) bond motifs is 2. The van der Waals surface area contributed by atoms with Crippen LogP contribution in [0.4, 0.5) is 0 Å². The monoisotopic (exact) mass is 539 g/mol. The molecule has 0 radical (unpaired) electrons. The van der Waals surface area contributed by atoms with E-state index >= 15 is 0 Å². The van der Waals surface area contributed by atoms with E-state index < -0.39 is 0 Å². The Kier molecular flexibility index (Phi) is 6.79. The summed E-state index contributed by atoms with van der Waals surface area (Å²) in [6.45, 7) is 3.22. The van der Waals surface area contributed by atoms with E-state index in [9.17, 15) is 9.59 Å². The largest absolute Gasteiger partial charge is 0.497 e. The highest BCUT2D eigenvalue weighted by atomic mass is 16.5. The molecule has 3 aromatic heterocycles. The minimum Gasteiger partial charge on any atom is -0.497 e. The highest BCUT2D eigenvalue weighted by Crippen LogP contribution is 2.35. The lowest BCUT2D eigenvalue weighted by molar-refractivity contribution is -0.132. The number of H-pyrrole nitrogens is 1. The summed E-state index contributed by atoms with van der Waals surface area (Å²) in [6.07, 6.45) is 5.57. The molecule has 1 unspecified atom stereocenters. The van der Waals surface area contributed by atoms with E-state index in [1.807, 2.05) is 83.4 Å². The van der Waals surface area contributed by atoms with Gasteiger partial charge < -0.3 is 23.8 Å². The average Bonchev–Trinajstić information content (AvgIpc) is 3.56. The number of benzene rings is 2. The maximum absolute atomic E-state index is 13.8. The van der Waals surface area contributed by atoms with Gasteiger partial charge in [-0.05, 0) is 61.2 Å².